The van der Waals surface area contributed by atoms with Crippen molar-refractivity contribution in [3.05, 3.63) is 58.6 Å². The van der Waals surface area contributed by atoms with Crippen molar-refractivity contribution in [2.24, 2.45) is 0 Å². The lowest BCUT2D eigenvalue weighted by molar-refractivity contribution is 0.0526. The second kappa shape index (κ2) is 5.83. The van der Waals surface area contributed by atoms with Crippen LogP contribution in [-0.4, -0.2) is 12.6 Å². The van der Waals surface area contributed by atoms with Crippen molar-refractivity contribution in [1.29, 1.82) is 0 Å². The van der Waals surface area contributed by atoms with Gasteiger partial charge in [-0.2, -0.15) is 0 Å². The van der Waals surface area contributed by atoms with Gasteiger partial charge in [0.15, 0.2) is 0 Å². The highest BCUT2D eigenvalue weighted by atomic mass is 79.9. The molecule has 0 spiro atoms. The molecule has 0 amide bonds. The molecule has 0 radical (unpaired) electrons. The van der Waals surface area contributed by atoms with Gasteiger partial charge >= 0.3 is 5.97 Å². The number of rotatable bonds is 3. The molecule has 92 valence electrons. The number of ether oxygens (including phenoxy) is 1. The van der Waals surface area contributed by atoms with Crippen molar-refractivity contribution in [3.63, 3.8) is 0 Å². The molecule has 0 saturated carbocycles. The molecule has 0 aliphatic carbocycles. The summed E-state index contributed by atoms with van der Waals surface area (Å²) in [5.74, 6) is -0.283. The minimum Gasteiger partial charge on any atom is -0.462 e. The largest absolute Gasteiger partial charge is 0.462 e. The fraction of sp³-hybridized carbons (Fsp3) is 0.133. The summed E-state index contributed by atoms with van der Waals surface area (Å²) in [5, 5.41) is 0. The SMILES string of the molecule is CCOC(=O)c1cccc(-c2cccc(Br)c2)c1. The minimum atomic E-state index is -0.283. The van der Waals surface area contributed by atoms with Gasteiger partial charge in [-0.1, -0.05) is 40.2 Å². The van der Waals surface area contributed by atoms with Crippen LogP contribution >= 0.6 is 15.9 Å². The highest BCUT2D eigenvalue weighted by Crippen LogP contribution is 2.23. The molecule has 0 aromatic heterocycles. The monoisotopic (exact) mass is 304 g/mol. The van der Waals surface area contributed by atoms with Crippen LogP contribution in [0.25, 0.3) is 11.1 Å². The zero-order chi connectivity index (χ0) is 13.0. The number of carbonyl (C=O) groups is 1. The number of hydrogen-bond acceptors (Lipinski definition) is 2. The van der Waals surface area contributed by atoms with Gasteiger partial charge in [0.05, 0.1) is 12.2 Å². The maximum absolute atomic E-state index is 11.7. The lowest BCUT2D eigenvalue weighted by Crippen LogP contribution is -2.04. The van der Waals surface area contributed by atoms with Gasteiger partial charge in [0, 0.05) is 4.47 Å². The van der Waals surface area contributed by atoms with Crippen LogP contribution in [0.2, 0.25) is 0 Å². The standard InChI is InChI=1S/C15H13BrO2/c1-2-18-15(17)13-7-3-5-11(9-13)12-6-4-8-14(16)10-12/h3-10H,2H2,1H3. The van der Waals surface area contributed by atoms with Crippen LogP contribution in [0.3, 0.4) is 0 Å². The molecule has 0 atom stereocenters. The van der Waals surface area contributed by atoms with E-state index in [4.69, 9.17) is 4.74 Å². The molecule has 0 bridgehead atoms. The third-order valence-corrected chi connectivity index (χ3v) is 3.02. The number of esters is 1. The molecule has 18 heavy (non-hydrogen) atoms. The summed E-state index contributed by atoms with van der Waals surface area (Å²) < 4.78 is 6.01. The van der Waals surface area contributed by atoms with E-state index >= 15 is 0 Å². The van der Waals surface area contributed by atoms with E-state index in [-0.39, 0.29) is 5.97 Å². The molecule has 2 aromatic carbocycles. The molecule has 3 heteroatoms. The van der Waals surface area contributed by atoms with Crippen molar-refractivity contribution in [2.75, 3.05) is 6.61 Å². The van der Waals surface area contributed by atoms with Crippen LogP contribution in [0.5, 0.6) is 0 Å². The quantitative estimate of drug-likeness (QED) is 0.791. The molecule has 2 aromatic rings. The van der Waals surface area contributed by atoms with Crippen LogP contribution in [0.1, 0.15) is 17.3 Å². The first-order chi connectivity index (χ1) is 8.70. The van der Waals surface area contributed by atoms with E-state index in [1.54, 1.807) is 13.0 Å². The van der Waals surface area contributed by atoms with Gasteiger partial charge in [-0.25, -0.2) is 4.79 Å². The third kappa shape index (κ3) is 2.99. The molecule has 0 fully saturated rings. The first-order valence-electron chi connectivity index (χ1n) is 5.74. The fourth-order valence-corrected chi connectivity index (χ4v) is 2.11. The van der Waals surface area contributed by atoms with Crippen LogP contribution in [0.15, 0.2) is 53.0 Å². The Hall–Kier alpha value is -1.61. The smallest absolute Gasteiger partial charge is 0.338 e. The van der Waals surface area contributed by atoms with Crippen molar-refractivity contribution < 1.29 is 9.53 Å². The van der Waals surface area contributed by atoms with E-state index in [1.807, 2.05) is 42.5 Å². The predicted molar refractivity (Wildman–Crippen MR) is 75.5 cm³/mol. The number of halogens is 1. The zero-order valence-electron chi connectivity index (χ0n) is 10.0. The van der Waals surface area contributed by atoms with Gasteiger partial charge in [0.25, 0.3) is 0 Å². The number of benzene rings is 2. The Morgan fingerprint density at radius 3 is 2.44 bits per heavy atom. The average molecular weight is 305 g/mol. The molecule has 0 saturated heterocycles. The molecule has 0 aliphatic heterocycles. The van der Waals surface area contributed by atoms with Crippen molar-refractivity contribution in [3.8, 4) is 11.1 Å². The van der Waals surface area contributed by atoms with E-state index in [0.717, 1.165) is 15.6 Å². The Kier molecular flexibility index (Phi) is 4.15. The average Bonchev–Trinajstić information content (AvgIpc) is 2.39. The zero-order valence-corrected chi connectivity index (χ0v) is 11.6. The van der Waals surface area contributed by atoms with Gasteiger partial charge in [0.2, 0.25) is 0 Å². The maximum Gasteiger partial charge on any atom is 0.338 e. The molecule has 0 aliphatic rings. The van der Waals surface area contributed by atoms with Crippen LogP contribution in [0, 0.1) is 0 Å². The summed E-state index contributed by atoms with van der Waals surface area (Å²) in [7, 11) is 0. The summed E-state index contributed by atoms with van der Waals surface area (Å²) in [6.07, 6.45) is 0. The second-order valence-electron chi connectivity index (χ2n) is 3.81. The first-order valence-corrected chi connectivity index (χ1v) is 6.53. The summed E-state index contributed by atoms with van der Waals surface area (Å²) >= 11 is 3.44. The highest BCUT2D eigenvalue weighted by Gasteiger charge is 2.07. The van der Waals surface area contributed by atoms with E-state index in [9.17, 15) is 4.79 Å². The molecular formula is C15H13BrO2. The summed E-state index contributed by atoms with van der Waals surface area (Å²) in [6.45, 7) is 2.19. The van der Waals surface area contributed by atoms with E-state index in [1.165, 1.54) is 0 Å². The summed E-state index contributed by atoms with van der Waals surface area (Å²) in [4.78, 5) is 11.7. The van der Waals surface area contributed by atoms with E-state index in [0.29, 0.717) is 12.2 Å². The molecule has 0 heterocycles. The Labute approximate surface area is 115 Å². The maximum atomic E-state index is 11.7. The molecular weight excluding hydrogens is 292 g/mol. The van der Waals surface area contributed by atoms with Crippen LogP contribution in [-0.2, 0) is 4.74 Å². The van der Waals surface area contributed by atoms with Gasteiger partial charge in [-0.3, -0.25) is 0 Å². The Morgan fingerprint density at radius 1 is 1.11 bits per heavy atom. The third-order valence-electron chi connectivity index (χ3n) is 2.53. The Morgan fingerprint density at radius 2 is 1.78 bits per heavy atom. The Bertz CT molecular complexity index is 564. The molecule has 2 rings (SSSR count). The van der Waals surface area contributed by atoms with Crippen LogP contribution in [0.4, 0.5) is 0 Å². The summed E-state index contributed by atoms with van der Waals surface area (Å²) in [6, 6.07) is 15.4. The lowest BCUT2D eigenvalue weighted by Gasteiger charge is -2.05. The lowest BCUT2D eigenvalue weighted by atomic mass is 10.0. The van der Waals surface area contributed by atoms with Gasteiger partial charge in [0.1, 0.15) is 0 Å². The van der Waals surface area contributed by atoms with Crippen molar-refractivity contribution in [1.82, 2.24) is 0 Å². The molecule has 0 unspecified atom stereocenters. The van der Waals surface area contributed by atoms with Crippen molar-refractivity contribution >= 4 is 21.9 Å². The fourth-order valence-electron chi connectivity index (χ4n) is 1.71. The normalized spacial score (nSPS) is 10.1. The first kappa shape index (κ1) is 12.8. The second-order valence-corrected chi connectivity index (χ2v) is 4.73. The van der Waals surface area contributed by atoms with Gasteiger partial charge < -0.3 is 4.74 Å². The highest BCUT2D eigenvalue weighted by molar-refractivity contribution is 9.10. The summed E-state index contributed by atoms with van der Waals surface area (Å²) in [5.41, 5.74) is 2.65. The van der Waals surface area contributed by atoms with Crippen molar-refractivity contribution in [2.45, 2.75) is 6.92 Å². The molecule has 0 N–H and O–H groups in total. The number of hydrogen-bond donors (Lipinski definition) is 0. The molecule has 2 nitrogen and oxygen atoms in total. The van der Waals surface area contributed by atoms with E-state index in [2.05, 4.69) is 15.9 Å². The topological polar surface area (TPSA) is 26.3 Å². The van der Waals surface area contributed by atoms with E-state index < -0.39 is 0 Å². The number of carbonyl (C=O) groups excluding carboxylic acids is 1. The minimum absolute atomic E-state index is 0.283. The Balaban J connectivity index is 2.35. The van der Waals surface area contributed by atoms with Gasteiger partial charge in [-0.15, -0.1) is 0 Å². The predicted octanol–water partition coefficient (Wildman–Crippen LogP) is 4.29. The van der Waals surface area contributed by atoms with Gasteiger partial charge in [-0.05, 0) is 42.3 Å². The van der Waals surface area contributed by atoms with Crippen LogP contribution < -0.4 is 0 Å².